The lowest BCUT2D eigenvalue weighted by atomic mass is 10.2. The Morgan fingerprint density at radius 3 is 2.62 bits per heavy atom. The summed E-state index contributed by atoms with van der Waals surface area (Å²) < 4.78 is 1.75. The quantitative estimate of drug-likeness (QED) is 0.569. The molecule has 1 aromatic carbocycles. The van der Waals surface area contributed by atoms with Gasteiger partial charge in [0.1, 0.15) is 10.7 Å². The lowest BCUT2D eigenvalue weighted by Gasteiger charge is -1.96. The summed E-state index contributed by atoms with van der Waals surface area (Å²) >= 11 is 1.52. The van der Waals surface area contributed by atoms with Crippen molar-refractivity contribution in [1.29, 1.82) is 0 Å². The maximum Gasteiger partial charge on any atom is 0.235 e. The normalized spacial score (nSPS) is 11.1. The van der Waals surface area contributed by atoms with Crippen molar-refractivity contribution in [3.05, 3.63) is 54.2 Å². The summed E-state index contributed by atoms with van der Waals surface area (Å²) in [5.74, 6) is 0.667. The Bertz CT molecular complexity index is 893. The summed E-state index contributed by atoms with van der Waals surface area (Å²) in [6.45, 7) is 2.07. The molecule has 6 heteroatoms. The van der Waals surface area contributed by atoms with Gasteiger partial charge in [-0.1, -0.05) is 47.2 Å². The maximum atomic E-state index is 4.62. The molecule has 0 spiro atoms. The van der Waals surface area contributed by atoms with Gasteiger partial charge in [-0.15, -0.1) is 10.2 Å². The second-order valence-corrected chi connectivity index (χ2v) is 5.66. The molecule has 0 amide bonds. The van der Waals surface area contributed by atoms with Gasteiger partial charge in [0.2, 0.25) is 10.8 Å². The number of hydrogen-bond donors (Lipinski definition) is 0. The smallest absolute Gasteiger partial charge is 0.235 e. The first-order valence-corrected chi connectivity index (χ1v) is 7.33. The van der Waals surface area contributed by atoms with Crippen LogP contribution in [0.3, 0.4) is 0 Å². The highest BCUT2D eigenvalue weighted by Gasteiger charge is 2.14. The number of fused-ring (bicyclic) bond motifs is 1. The summed E-state index contributed by atoms with van der Waals surface area (Å²) in [5, 5.41) is 13.9. The predicted octanol–water partition coefficient (Wildman–Crippen LogP) is 3.22. The molecule has 3 heterocycles. The fourth-order valence-electron chi connectivity index (χ4n) is 2.08. The third-order valence-corrected chi connectivity index (χ3v) is 4.13. The number of aromatic nitrogens is 5. The van der Waals surface area contributed by atoms with Gasteiger partial charge in [0.15, 0.2) is 0 Å². The van der Waals surface area contributed by atoms with E-state index in [2.05, 4.69) is 51.5 Å². The standard InChI is InChI=1S/C15H11N5S/c1-10-5-7-11(8-6-10)14-19-20-13(17-18-15(20)21-14)12-4-2-3-9-16-12/h2-9H,1H3. The lowest BCUT2D eigenvalue weighted by Crippen LogP contribution is -1.92. The summed E-state index contributed by atoms with van der Waals surface area (Å²) in [5.41, 5.74) is 3.09. The molecule has 0 aliphatic rings. The molecule has 102 valence electrons. The second kappa shape index (κ2) is 4.75. The number of nitrogens with zero attached hydrogens (tertiary/aromatic N) is 5. The first-order valence-electron chi connectivity index (χ1n) is 6.52. The molecule has 0 N–H and O–H groups in total. The van der Waals surface area contributed by atoms with E-state index in [4.69, 9.17) is 0 Å². The molecule has 5 nitrogen and oxygen atoms in total. The van der Waals surface area contributed by atoms with Gasteiger partial charge in [-0.3, -0.25) is 4.98 Å². The van der Waals surface area contributed by atoms with Gasteiger partial charge in [0, 0.05) is 11.8 Å². The van der Waals surface area contributed by atoms with Crippen molar-refractivity contribution in [2.24, 2.45) is 0 Å². The highest BCUT2D eigenvalue weighted by molar-refractivity contribution is 7.19. The minimum atomic E-state index is 0.667. The van der Waals surface area contributed by atoms with Crippen LogP contribution in [0.5, 0.6) is 0 Å². The van der Waals surface area contributed by atoms with E-state index in [1.165, 1.54) is 16.9 Å². The summed E-state index contributed by atoms with van der Waals surface area (Å²) in [4.78, 5) is 5.08. The fraction of sp³-hybridized carbons (Fsp3) is 0.0667. The van der Waals surface area contributed by atoms with Crippen LogP contribution in [-0.4, -0.2) is 24.8 Å². The Balaban J connectivity index is 1.84. The van der Waals surface area contributed by atoms with Crippen LogP contribution >= 0.6 is 11.3 Å². The minimum absolute atomic E-state index is 0.667. The van der Waals surface area contributed by atoms with Gasteiger partial charge < -0.3 is 0 Å². The van der Waals surface area contributed by atoms with Crippen LogP contribution in [0.25, 0.3) is 27.1 Å². The van der Waals surface area contributed by atoms with Crippen molar-refractivity contribution in [2.75, 3.05) is 0 Å². The van der Waals surface area contributed by atoms with Crippen molar-refractivity contribution in [2.45, 2.75) is 6.92 Å². The molecule has 4 rings (SSSR count). The molecular weight excluding hydrogens is 282 g/mol. The molecule has 3 aromatic heterocycles. The number of benzene rings is 1. The highest BCUT2D eigenvalue weighted by atomic mass is 32.1. The van der Waals surface area contributed by atoms with E-state index in [-0.39, 0.29) is 0 Å². The Labute approximate surface area is 124 Å². The molecule has 0 fully saturated rings. The average Bonchev–Trinajstić information content (AvgIpc) is 3.09. The van der Waals surface area contributed by atoms with Crippen LogP contribution in [-0.2, 0) is 0 Å². The van der Waals surface area contributed by atoms with Crippen LogP contribution in [0, 0.1) is 6.92 Å². The molecular formula is C15H11N5S. The molecule has 21 heavy (non-hydrogen) atoms. The highest BCUT2D eigenvalue weighted by Crippen LogP contribution is 2.27. The van der Waals surface area contributed by atoms with Crippen molar-refractivity contribution < 1.29 is 0 Å². The molecule has 0 unspecified atom stereocenters. The Morgan fingerprint density at radius 2 is 1.86 bits per heavy atom. The first kappa shape index (κ1) is 12.2. The molecule has 0 radical (unpaired) electrons. The monoisotopic (exact) mass is 293 g/mol. The van der Waals surface area contributed by atoms with Crippen LogP contribution in [0.1, 0.15) is 5.56 Å². The third-order valence-electron chi connectivity index (χ3n) is 3.18. The van der Waals surface area contributed by atoms with Gasteiger partial charge in [0.25, 0.3) is 0 Å². The summed E-state index contributed by atoms with van der Waals surface area (Å²) in [6, 6.07) is 14.0. The average molecular weight is 293 g/mol. The molecule has 0 aliphatic carbocycles. The number of pyridine rings is 1. The van der Waals surface area contributed by atoms with E-state index >= 15 is 0 Å². The lowest BCUT2D eigenvalue weighted by molar-refractivity contribution is 0.961. The van der Waals surface area contributed by atoms with Crippen LogP contribution in [0.15, 0.2) is 48.7 Å². The zero-order valence-electron chi connectivity index (χ0n) is 11.3. The first-order chi connectivity index (χ1) is 10.3. The van der Waals surface area contributed by atoms with Crippen LogP contribution in [0.4, 0.5) is 0 Å². The van der Waals surface area contributed by atoms with E-state index < -0.39 is 0 Å². The Morgan fingerprint density at radius 1 is 1.00 bits per heavy atom. The molecule has 0 bridgehead atoms. The molecule has 0 atom stereocenters. The zero-order chi connectivity index (χ0) is 14.2. The SMILES string of the molecule is Cc1ccc(-c2nn3c(-c4ccccn4)nnc3s2)cc1. The van der Waals surface area contributed by atoms with Gasteiger partial charge in [-0.05, 0) is 19.1 Å². The number of rotatable bonds is 2. The van der Waals surface area contributed by atoms with Gasteiger partial charge in [-0.25, -0.2) is 0 Å². The minimum Gasteiger partial charge on any atom is -0.253 e. The van der Waals surface area contributed by atoms with Crippen LogP contribution in [0.2, 0.25) is 0 Å². The second-order valence-electron chi connectivity index (χ2n) is 4.71. The molecule has 4 aromatic rings. The molecule has 0 saturated heterocycles. The van der Waals surface area contributed by atoms with Crippen molar-refractivity contribution in [1.82, 2.24) is 24.8 Å². The predicted molar refractivity (Wildman–Crippen MR) is 82.1 cm³/mol. The van der Waals surface area contributed by atoms with E-state index in [9.17, 15) is 0 Å². The van der Waals surface area contributed by atoms with Gasteiger partial charge in [0.05, 0.1) is 0 Å². The van der Waals surface area contributed by atoms with Gasteiger partial charge in [-0.2, -0.15) is 9.61 Å². The number of hydrogen-bond acceptors (Lipinski definition) is 5. The van der Waals surface area contributed by atoms with Crippen molar-refractivity contribution >= 4 is 16.3 Å². The molecule has 0 saturated carbocycles. The Hall–Kier alpha value is -2.60. The molecule has 0 aliphatic heterocycles. The largest absolute Gasteiger partial charge is 0.253 e. The summed E-state index contributed by atoms with van der Waals surface area (Å²) in [7, 11) is 0. The van der Waals surface area contributed by atoms with E-state index in [0.29, 0.717) is 5.82 Å². The van der Waals surface area contributed by atoms with E-state index in [0.717, 1.165) is 21.2 Å². The summed E-state index contributed by atoms with van der Waals surface area (Å²) in [6.07, 6.45) is 1.74. The topological polar surface area (TPSA) is 56.0 Å². The third kappa shape index (κ3) is 2.09. The zero-order valence-corrected chi connectivity index (χ0v) is 12.1. The van der Waals surface area contributed by atoms with E-state index in [1.54, 1.807) is 10.7 Å². The van der Waals surface area contributed by atoms with Crippen molar-refractivity contribution in [3.8, 4) is 22.1 Å². The Kier molecular flexibility index (Phi) is 2.75. The van der Waals surface area contributed by atoms with Gasteiger partial charge >= 0.3 is 0 Å². The van der Waals surface area contributed by atoms with E-state index in [1.807, 2.05) is 18.2 Å². The number of aryl methyl sites for hydroxylation is 1. The van der Waals surface area contributed by atoms with Crippen molar-refractivity contribution in [3.63, 3.8) is 0 Å². The fourth-order valence-corrected chi connectivity index (χ4v) is 2.93. The van der Waals surface area contributed by atoms with Crippen LogP contribution < -0.4 is 0 Å². The maximum absolute atomic E-state index is 4.62.